The molecule has 0 aliphatic carbocycles. The Bertz CT molecular complexity index is 645. The number of hydrogen-bond acceptors (Lipinski definition) is 3. The van der Waals surface area contributed by atoms with E-state index in [-0.39, 0.29) is 12.5 Å². The summed E-state index contributed by atoms with van der Waals surface area (Å²) in [6.45, 7) is 6.77. The molecule has 0 unspecified atom stereocenters. The predicted octanol–water partition coefficient (Wildman–Crippen LogP) is 4.50. The van der Waals surface area contributed by atoms with Crippen molar-refractivity contribution in [3.8, 4) is 11.5 Å². The van der Waals surface area contributed by atoms with E-state index in [0.717, 1.165) is 41.2 Å². The first-order valence-corrected chi connectivity index (χ1v) is 8.32. The molecule has 4 heteroatoms. The van der Waals surface area contributed by atoms with Gasteiger partial charge in [0.05, 0.1) is 6.61 Å². The Kier molecular flexibility index (Phi) is 6.67. The standard InChI is InChI=1S/C20H25NO3/c1-4-5-13-23-18-11-9-17(10-12-18)21-19(22)14-24-20-15(2)7-6-8-16(20)3/h6-12H,4-5,13-14H2,1-3H3,(H,21,22). The van der Waals surface area contributed by atoms with E-state index in [9.17, 15) is 4.79 Å². The van der Waals surface area contributed by atoms with Crippen molar-refractivity contribution in [1.82, 2.24) is 0 Å². The molecular weight excluding hydrogens is 302 g/mol. The molecule has 0 aliphatic rings. The van der Waals surface area contributed by atoms with Crippen LogP contribution in [0.25, 0.3) is 0 Å². The fourth-order valence-electron chi connectivity index (χ4n) is 2.33. The second kappa shape index (κ2) is 8.96. The van der Waals surface area contributed by atoms with Crippen LogP contribution in [0.5, 0.6) is 11.5 Å². The Hall–Kier alpha value is -2.49. The van der Waals surface area contributed by atoms with Crippen LogP contribution in [0.3, 0.4) is 0 Å². The first kappa shape index (κ1) is 17.9. The normalized spacial score (nSPS) is 10.3. The van der Waals surface area contributed by atoms with E-state index < -0.39 is 0 Å². The van der Waals surface area contributed by atoms with Gasteiger partial charge in [0.2, 0.25) is 0 Å². The highest BCUT2D eigenvalue weighted by Gasteiger charge is 2.07. The number of hydrogen-bond donors (Lipinski definition) is 1. The molecule has 0 spiro atoms. The maximum atomic E-state index is 12.0. The third-order valence-electron chi connectivity index (χ3n) is 3.66. The van der Waals surface area contributed by atoms with E-state index in [1.165, 1.54) is 0 Å². The van der Waals surface area contributed by atoms with Gasteiger partial charge in [-0.1, -0.05) is 31.5 Å². The lowest BCUT2D eigenvalue weighted by atomic mass is 10.1. The molecule has 0 heterocycles. The van der Waals surface area contributed by atoms with E-state index in [2.05, 4.69) is 12.2 Å². The maximum Gasteiger partial charge on any atom is 0.262 e. The Labute approximate surface area is 143 Å². The summed E-state index contributed by atoms with van der Waals surface area (Å²) < 4.78 is 11.3. The molecule has 1 amide bonds. The average molecular weight is 327 g/mol. The van der Waals surface area contributed by atoms with Crippen LogP contribution >= 0.6 is 0 Å². The first-order valence-electron chi connectivity index (χ1n) is 8.32. The van der Waals surface area contributed by atoms with E-state index >= 15 is 0 Å². The summed E-state index contributed by atoms with van der Waals surface area (Å²) in [6.07, 6.45) is 2.14. The van der Waals surface area contributed by atoms with Gasteiger partial charge in [-0.25, -0.2) is 0 Å². The molecule has 2 rings (SSSR count). The van der Waals surface area contributed by atoms with Crippen LogP contribution in [0.4, 0.5) is 5.69 Å². The molecule has 2 aromatic rings. The summed E-state index contributed by atoms with van der Waals surface area (Å²) in [5, 5.41) is 2.83. The van der Waals surface area contributed by atoms with Crippen molar-refractivity contribution in [1.29, 1.82) is 0 Å². The van der Waals surface area contributed by atoms with Crippen LogP contribution in [-0.2, 0) is 4.79 Å². The Balaban J connectivity index is 1.84. The van der Waals surface area contributed by atoms with Gasteiger partial charge in [0.15, 0.2) is 6.61 Å². The first-order chi connectivity index (χ1) is 11.6. The Morgan fingerprint density at radius 2 is 1.67 bits per heavy atom. The van der Waals surface area contributed by atoms with Gasteiger partial charge in [0.1, 0.15) is 11.5 Å². The van der Waals surface area contributed by atoms with Crippen LogP contribution < -0.4 is 14.8 Å². The van der Waals surface area contributed by atoms with E-state index in [4.69, 9.17) is 9.47 Å². The molecule has 24 heavy (non-hydrogen) atoms. The zero-order valence-electron chi connectivity index (χ0n) is 14.6. The zero-order valence-corrected chi connectivity index (χ0v) is 14.6. The van der Waals surface area contributed by atoms with Crippen molar-refractivity contribution in [2.45, 2.75) is 33.6 Å². The third kappa shape index (κ3) is 5.30. The summed E-state index contributed by atoms with van der Waals surface area (Å²) in [5.41, 5.74) is 2.78. The summed E-state index contributed by atoms with van der Waals surface area (Å²) in [7, 11) is 0. The minimum atomic E-state index is -0.183. The highest BCUT2D eigenvalue weighted by Crippen LogP contribution is 2.22. The number of ether oxygens (including phenoxy) is 2. The minimum absolute atomic E-state index is 0.0134. The van der Waals surface area contributed by atoms with Gasteiger partial charge in [-0.05, 0) is 55.7 Å². The largest absolute Gasteiger partial charge is 0.494 e. The lowest BCUT2D eigenvalue weighted by Crippen LogP contribution is -2.20. The molecule has 0 atom stereocenters. The van der Waals surface area contributed by atoms with Crippen molar-refractivity contribution in [3.05, 3.63) is 53.6 Å². The second-order valence-electron chi connectivity index (χ2n) is 5.78. The van der Waals surface area contributed by atoms with Gasteiger partial charge in [-0.3, -0.25) is 4.79 Å². The molecule has 0 aromatic heterocycles. The Morgan fingerprint density at radius 3 is 2.29 bits per heavy atom. The smallest absolute Gasteiger partial charge is 0.262 e. The summed E-state index contributed by atoms with van der Waals surface area (Å²) >= 11 is 0. The molecule has 0 aliphatic heterocycles. The quantitative estimate of drug-likeness (QED) is 0.726. The summed E-state index contributed by atoms with van der Waals surface area (Å²) in [5.74, 6) is 1.40. The fraction of sp³-hybridized carbons (Fsp3) is 0.350. The van der Waals surface area contributed by atoms with Crippen LogP contribution in [0.1, 0.15) is 30.9 Å². The number of anilines is 1. The van der Waals surface area contributed by atoms with Gasteiger partial charge >= 0.3 is 0 Å². The number of nitrogens with one attached hydrogen (secondary N) is 1. The Morgan fingerprint density at radius 1 is 1.00 bits per heavy atom. The number of para-hydroxylation sites is 1. The maximum absolute atomic E-state index is 12.0. The topological polar surface area (TPSA) is 47.6 Å². The van der Waals surface area contributed by atoms with Crippen molar-refractivity contribution in [2.24, 2.45) is 0 Å². The number of rotatable bonds is 8. The number of amides is 1. The lowest BCUT2D eigenvalue weighted by Gasteiger charge is -2.12. The molecule has 0 saturated heterocycles. The van der Waals surface area contributed by atoms with Crippen molar-refractivity contribution in [2.75, 3.05) is 18.5 Å². The number of aryl methyl sites for hydroxylation is 2. The number of unbranched alkanes of at least 4 members (excludes halogenated alkanes) is 1. The van der Waals surface area contributed by atoms with Crippen LogP contribution in [0.2, 0.25) is 0 Å². The SMILES string of the molecule is CCCCOc1ccc(NC(=O)COc2c(C)cccc2C)cc1. The number of carbonyl (C=O) groups is 1. The van der Waals surface area contributed by atoms with E-state index in [1.807, 2.05) is 56.3 Å². The molecular formula is C20H25NO3. The highest BCUT2D eigenvalue weighted by atomic mass is 16.5. The number of benzene rings is 2. The molecule has 1 N–H and O–H groups in total. The fourth-order valence-corrected chi connectivity index (χ4v) is 2.33. The van der Waals surface area contributed by atoms with Crippen molar-refractivity contribution >= 4 is 11.6 Å². The molecule has 0 bridgehead atoms. The van der Waals surface area contributed by atoms with Gasteiger partial charge in [-0.15, -0.1) is 0 Å². The lowest BCUT2D eigenvalue weighted by molar-refractivity contribution is -0.118. The predicted molar refractivity (Wildman–Crippen MR) is 96.9 cm³/mol. The monoisotopic (exact) mass is 327 g/mol. The second-order valence-corrected chi connectivity index (χ2v) is 5.78. The minimum Gasteiger partial charge on any atom is -0.494 e. The van der Waals surface area contributed by atoms with E-state index in [1.54, 1.807) is 0 Å². The molecule has 128 valence electrons. The molecule has 0 radical (unpaired) electrons. The third-order valence-corrected chi connectivity index (χ3v) is 3.66. The highest BCUT2D eigenvalue weighted by molar-refractivity contribution is 5.91. The van der Waals surface area contributed by atoms with Crippen LogP contribution in [0, 0.1) is 13.8 Å². The average Bonchev–Trinajstić information content (AvgIpc) is 2.56. The van der Waals surface area contributed by atoms with Gasteiger partial charge in [-0.2, -0.15) is 0 Å². The van der Waals surface area contributed by atoms with Gasteiger partial charge in [0.25, 0.3) is 5.91 Å². The van der Waals surface area contributed by atoms with Crippen LogP contribution in [0.15, 0.2) is 42.5 Å². The van der Waals surface area contributed by atoms with Crippen molar-refractivity contribution in [3.63, 3.8) is 0 Å². The number of carbonyl (C=O) groups excluding carboxylic acids is 1. The molecule has 0 saturated carbocycles. The van der Waals surface area contributed by atoms with Crippen LogP contribution in [-0.4, -0.2) is 19.1 Å². The molecule has 2 aromatic carbocycles. The molecule has 4 nitrogen and oxygen atoms in total. The van der Waals surface area contributed by atoms with Gasteiger partial charge in [0, 0.05) is 5.69 Å². The summed E-state index contributed by atoms with van der Waals surface area (Å²) in [4.78, 5) is 12.0. The van der Waals surface area contributed by atoms with E-state index in [0.29, 0.717) is 6.61 Å². The van der Waals surface area contributed by atoms with Crippen molar-refractivity contribution < 1.29 is 14.3 Å². The molecule has 0 fully saturated rings. The summed E-state index contributed by atoms with van der Waals surface area (Å²) in [6, 6.07) is 13.3. The zero-order chi connectivity index (χ0) is 17.4. The van der Waals surface area contributed by atoms with Gasteiger partial charge < -0.3 is 14.8 Å².